The summed E-state index contributed by atoms with van der Waals surface area (Å²) < 4.78 is 27.8. The molecule has 0 aliphatic carbocycles. The van der Waals surface area contributed by atoms with Gasteiger partial charge in [0, 0.05) is 32.6 Å². The van der Waals surface area contributed by atoms with Crippen molar-refractivity contribution < 1.29 is 8.78 Å². The quantitative estimate of drug-likeness (QED) is 0.365. The number of rotatable bonds is 2. The van der Waals surface area contributed by atoms with Crippen LogP contribution in [0.4, 0.5) is 8.78 Å². The number of nitrogens with one attached hydrogen (secondary N) is 2. The van der Waals surface area contributed by atoms with Crippen molar-refractivity contribution in [3.63, 3.8) is 0 Å². The van der Waals surface area contributed by atoms with E-state index in [-0.39, 0.29) is 11.6 Å². The van der Waals surface area contributed by atoms with E-state index in [1.807, 2.05) is 0 Å². The Bertz CT molecular complexity index is 1280. The summed E-state index contributed by atoms with van der Waals surface area (Å²) in [5, 5.41) is 3.32. The Morgan fingerprint density at radius 3 is 1.50 bits per heavy atom. The molecule has 126 valence electrons. The first-order chi connectivity index (χ1) is 12.6. The van der Waals surface area contributed by atoms with Crippen LogP contribution in [0.5, 0.6) is 0 Å². The molecule has 0 spiro atoms. The topological polar surface area (TPSA) is 31.6 Å². The fraction of sp³-hybridized carbons (Fsp3) is 0. The van der Waals surface area contributed by atoms with Crippen LogP contribution in [0.3, 0.4) is 0 Å². The van der Waals surface area contributed by atoms with Gasteiger partial charge < -0.3 is 9.97 Å². The normalized spacial score (nSPS) is 11.8. The predicted octanol–water partition coefficient (Wildman–Crippen LogP) is 6.52. The summed E-state index contributed by atoms with van der Waals surface area (Å²) in [7, 11) is 0. The molecule has 2 nitrogen and oxygen atoms in total. The zero-order valence-electron chi connectivity index (χ0n) is 13.8. The predicted molar refractivity (Wildman–Crippen MR) is 105 cm³/mol. The minimum atomic E-state index is -0.299. The monoisotopic (exact) mass is 344 g/mol. The smallest absolute Gasteiger partial charge is 0.123 e. The highest BCUT2D eigenvalue weighted by Crippen LogP contribution is 2.41. The van der Waals surface area contributed by atoms with Gasteiger partial charge in [-0.2, -0.15) is 0 Å². The van der Waals surface area contributed by atoms with Gasteiger partial charge in [-0.3, -0.25) is 0 Å². The van der Waals surface area contributed by atoms with Gasteiger partial charge in [0.05, 0.1) is 11.0 Å². The first-order valence-electron chi connectivity index (χ1n) is 8.25. The molecule has 0 unspecified atom stereocenters. The molecule has 0 atom stereocenters. The Balaban J connectivity index is 2.16. The van der Waals surface area contributed by atoms with Crippen molar-refractivity contribution in [2.75, 3.05) is 0 Å². The molecule has 0 radical (unpaired) electrons. The van der Waals surface area contributed by atoms with Gasteiger partial charge in [0.1, 0.15) is 11.6 Å². The fourth-order valence-corrected chi connectivity index (χ4v) is 3.96. The third-order valence-electron chi connectivity index (χ3n) is 5.01. The average Bonchev–Trinajstić information content (AvgIpc) is 3.18. The second-order valence-corrected chi connectivity index (χ2v) is 6.37. The van der Waals surface area contributed by atoms with Crippen molar-refractivity contribution in [3.8, 4) is 0 Å². The summed E-state index contributed by atoms with van der Waals surface area (Å²) >= 11 is 0. The Hall–Kier alpha value is -3.40. The first-order valence-corrected chi connectivity index (χ1v) is 8.25. The number of benzene rings is 3. The van der Waals surface area contributed by atoms with Crippen LogP contribution >= 0.6 is 0 Å². The lowest BCUT2D eigenvalue weighted by Gasteiger charge is -2.08. The lowest BCUT2D eigenvalue weighted by molar-refractivity contribution is 0.629. The maximum atomic E-state index is 13.9. The number of aromatic amines is 2. The molecule has 5 aromatic rings. The molecule has 0 bridgehead atoms. The number of hydrogen-bond donors (Lipinski definition) is 2. The van der Waals surface area contributed by atoms with Crippen LogP contribution in [0.15, 0.2) is 49.6 Å². The zero-order chi connectivity index (χ0) is 18.0. The summed E-state index contributed by atoms with van der Waals surface area (Å²) in [6, 6.07) is 9.33. The molecule has 4 heteroatoms. The van der Waals surface area contributed by atoms with E-state index < -0.39 is 0 Å². The summed E-state index contributed by atoms with van der Waals surface area (Å²) in [6.07, 6.45) is 3.49. The molecule has 0 fully saturated rings. The Morgan fingerprint density at radius 1 is 0.692 bits per heavy atom. The standard InChI is InChI=1S/C22H14F2N2/c1-3-13-14(4-2)20-16-10-12(24)6-8-18(16)26-22(20)21-19(13)15-9-11(23)5-7-17(15)25-21/h3-10,25-26H,1-2H2. The SMILES string of the molecule is C=Cc1c(C=C)c2c3cc(F)ccc3[nH]c2c2[nH]c3ccc(F)cc3c12. The van der Waals surface area contributed by atoms with Crippen molar-refractivity contribution in [2.45, 2.75) is 0 Å². The second kappa shape index (κ2) is 5.05. The highest BCUT2D eigenvalue weighted by Gasteiger charge is 2.19. The van der Waals surface area contributed by atoms with Crippen LogP contribution in [-0.2, 0) is 0 Å². The molecule has 26 heavy (non-hydrogen) atoms. The third kappa shape index (κ3) is 1.78. The minimum absolute atomic E-state index is 0.299. The van der Waals surface area contributed by atoms with Gasteiger partial charge in [-0.15, -0.1) is 0 Å². The maximum absolute atomic E-state index is 13.9. The molecule has 0 amide bonds. The number of H-pyrrole nitrogens is 2. The molecular weight excluding hydrogens is 330 g/mol. The van der Waals surface area contributed by atoms with Crippen LogP contribution < -0.4 is 0 Å². The van der Waals surface area contributed by atoms with Gasteiger partial charge in [0.25, 0.3) is 0 Å². The molecule has 0 saturated carbocycles. The van der Waals surface area contributed by atoms with Crippen molar-refractivity contribution in [3.05, 3.63) is 72.3 Å². The van der Waals surface area contributed by atoms with Crippen LogP contribution in [0.2, 0.25) is 0 Å². The molecule has 3 aromatic carbocycles. The second-order valence-electron chi connectivity index (χ2n) is 6.37. The van der Waals surface area contributed by atoms with Crippen molar-refractivity contribution >= 4 is 55.8 Å². The van der Waals surface area contributed by atoms with Gasteiger partial charge in [0.15, 0.2) is 0 Å². The van der Waals surface area contributed by atoms with Crippen molar-refractivity contribution in [2.24, 2.45) is 0 Å². The lowest BCUT2D eigenvalue weighted by atomic mass is 9.95. The molecule has 0 saturated heterocycles. The average molecular weight is 344 g/mol. The van der Waals surface area contributed by atoms with E-state index in [1.165, 1.54) is 24.3 Å². The van der Waals surface area contributed by atoms with Gasteiger partial charge in [0.2, 0.25) is 0 Å². The third-order valence-corrected chi connectivity index (χ3v) is 5.01. The summed E-state index contributed by atoms with van der Waals surface area (Å²) in [4.78, 5) is 6.75. The highest BCUT2D eigenvalue weighted by molar-refractivity contribution is 6.26. The molecule has 5 rings (SSSR count). The van der Waals surface area contributed by atoms with Gasteiger partial charge in [-0.05, 0) is 47.5 Å². The Kier molecular flexibility index (Phi) is 2.89. The van der Waals surface area contributed by atoms with Crippen molar-refractivity contribution in [1.29, 1.82) is 0 Å². The lowest BCUT2D eigenvalue weighted by Crippen LogP contribution is -1.86. The number of halogens is 2. The van der Waals surface area contributed by atoms with E-state index in [1.54, 1.807) is 24.3 Å². The van der Waals surface area contributed by atoms with Gasteiger partial charge in [-0.25, -0.2) is 8.78 Å². The maximum Gasteiger partial charge on any atom is 0.123 e. The summed E-state index contributed by atoms with van der Waals surface area (Å²) in [5.41, 5.74) is 5.05. The molecule has 2 heterocycles. The van der Waals surface area contributed by atoms with E-state index in [0.717, 1.165) is 54.7 Å². The van der Waals surface area contributed by atoms with Crippen LogP contribution in [0.1, 0.15) is 11.1 Å². The molecular formula is C22H14F2N2. The molecule has 2 aromatic heterocycles. The van der Waals surface area contributed by atoms with E-state index in [4.69, 9.17) is 0 Å². The number of aromatic nitrogens is 2. The highest BCUT2D eigenvalue weighted by atomic mass is 19.1. The van der Waals surface area contributed by atoms with Crippen LogP contribution in [-0.4, -0.2) is 9.97 Å². The summed E-state index contributed by atoms with van der Waals surface area (Å²) in [6.45, 7) is 7.90. The summed E-state index contributed by atoms with van der Waals surface area (Å²) in [5.74, 6) is -0.597. The molecule has 2 N–H and O–H groups in total. The first kappa shape index (κ1) is 14.9. The largest absolute Gasteiger partial charge is 0.353 e. The van der Waals surface area contributed by atoms with Crippen LogP contribution in [0, 0.1) is 11.6 Å². The fourth-order valence-electron chi connectivity index (χ4n) is 3.96. The number of hydrogen-bond acceptors (Lipinski definition) is 0. The van der Waals surface area contributed by atoms with E-state index in [0.29, 0.717) is 0 Å². The van der Waals surface area contributed by atoms with Gasteiger partial charge >= 0.3 is 0 Å². The van der Waals surface area contributed by atoms with Crippen molar-refractivity contribution in [1.82, 2.24) is 9.97 Å². The van der Waals surface area contributed by atoms with Gasteiger partial charge in [-0.1, -0.05) is 25.3 Å². The van der Waals surface area contributed by atoms with E-state index >= 15 is 0 Å². The number of fused-ring (bicyclic) bond motifs is 7. The van der Waals surface area contributed by atoms with E-state index in [9.17, 15) is 8.78 Å². The minimum Gasteiger partial charge on any atom is -0.353 e. The van der Waals surface area contributed by atoms with Crippen LogP contribution in [0.25, 0.3) is 55.8 Å². The van der Waals surface area contributed by atoms with E-state index in [2.05, 4.69) is 23.1 Å². The Morgan fingerprint density at radius 2 is 1.12 bits per heavy atom. The Labute approximate surface area is 147 Å². The molecule has 0 aliphatic rings. The zero-order valence-corrected chi connectivity index (χ0v) is 13.8. The molecule has 0 aliphatic heterocycles.